The lowest BCUT2D eigenvalue weighted by Gasteiger charge is -2.10. The lowest BCUT2D eigenvalue weighted by Crippen LogP contribution is -1.98. The van der Waals surface area contributed by atoms with Crippen molar-refractivity contribution in [2.75, 3.05) is 27.4 Å². The smallest absolute Gasteiger partial charge is 0.162 e. The summed E-state index contributed by atoms with van der Waals surface area (Å²) in [6.45, 7) is 9.74. The molecule has 0 radical (unpaired) electrons. The van der Waals surface area contributed by atoms with Crippen molar-refractivity contribution in [3.8, 4) is 47.2 Å². The van der Waals surface area contributed by atoms with Gasteiger partial charge in [-0.3, -0.25) is 0 Å². The Morgan fingerprint density at radius 1 is 0.765 bits per heavy atom. The van der Waals surface area contributed by atoms with Crippen LogP contribution in [-0.2, 0) is 22.9 Å². The van der Waals surface area contributed by atoms with Crippen LogP contribution in [0.25, 0.3) is 0 Å². The van der Waals surface area contributed by atoms with Crippen molar-refractivity contribution < 1.29 is 28.6 Å². The Labute approximate surface area is 201 Å². The van der Waals surface area contributed by atoms with Crippen LogP contribution in [0.1, 0.15) is 24.5 Å². The summed E-state index contributed by atoms with van der Waals surface area (Å²) in [6.07, 6.45) is 5.93. The molecule has 0 aromatic heterocycles. The zero-order valence-corrected chi connectivity index (χ0v) is 19.8. The van der Waals surface area contributed by atoms with E-state index in [1.165, 1.54) is 0 Å². The highest BCUT2D eigenvalue weighted by molar-refractivity contribution is 5.43. The maximum atomic E-state index is 5.51. The van der Waals surface area contributed by atoms with Crippen molar-refractivity contribution in [3.63, 3.8) is 0 Å². The third-order valence-electron chi connectivity index (χ3n) is 4.01. The first kappa shape index (κ1) is 27.7. The van der Waals surface area contributed by atoms with Crippen LogP contribution in [0.2, 0.25) is 0 Å². The summed E-state index contributed by atoms with van der Waals surface area (Å²) in [7, 11) is 3.16. The van der Waals surface area contributed by atoms with Gasteiger partial charge in [-0.15, -0.1) is 22.7 Å². The van der Waals surface area contributed by atoms with E-state index in [2.05, 4.69) is 41.5 Å². The molecule has 0 atom stereocenters. The molecular weight excluding hydrogens is 436 g/mol. The second-order valence-corrected chi connectivity index (χ2v) is 6.26. The number of benzene rings is 2. The molecule has 0 bridgehead atoms. The van der Waals surface area contributed by atoms with Crippen LogP contribution in [0.4, 0.5) is 0 Å². The SMILES string of the molecule is C#CCOc1ccc(CON=C)cc1OC.C=NOCc1ccc(OCC#CCC)c(OC)c1. The maximum absolute atomic E-state index is 5.51. The topological polar surface area (TPSA) is 80.1 Å². The highest BCUT2D eigenvalue weighted by Crippen LogP contribution is 2.29. The summed E-state index contributed by atoms with van der Waals surface area (Å²) < 4.78 is 21.2. The van der Waals surface area contributed by atoms with E-state index >= 15 is 0 Å². The Bertz CT molecular complexity index is 1000. The van der Waals surface area contributed by atoms with Crippen molar-refractivity contribution in [3.05, 3.63) is 47.5 Å². The van der Waals surface area contributed by atoms with E-state index in [0.29, 0.717) is 42.8 Å². The predicted octanol–water partition coefficient (Wildman–Crippen LogP) is 4.46. The number of oxime groups is 2. The van der Waals surface area contributed by atoms with Gasteiger partial charge in [-0.1, -0.05) is 30.9 Å². The first-order valence-corrected chi connectivity index (χ1v) is 10.3. The molecular formula is C26H30N2O6. The van der Waals surface area contributed by atoms with E-state index < -0.39 is 0 Å². The molecule has 8 nitrogen and oxygen atoms in total. The van der Waals surface area contributed by atoms with Crippen LogP contribution >= 0.6 is 0 Å². The number of ether oxygens (including phenoxy) is 4. The quantitative estimate of drug-likeness (QED) is 0.261. The number of terminal acetylenes is 1. The first-order chi connectivity index (χ1) is 16.6. The molecule has 0 saturated carbocycles. The number of hydrogen-bond acceptors (Lipinski definition) is 8. The molecule has 2 aromatic carbocycles. The summed E-state index contributed by atoms with van der Waals surface area (Å²) in [5.74, 6) is 10.8. The molecule has 34 heavy (non-hydrogen) atoms. The molecule has 0 fully saturated rings. The number of nitrogens with zero attached hydrogens (tertiary/aromatic N) is 2. The molecule has 2 aromatic rings. The summed E-state index contributed by atoms with van der Waals surface area (Å²) >= 11 is 0. The highest BCUT2D eigenvalue weighted by atomic mass is 16.6. The van der Waals surface area contributed by atoms with Crippen molar-refractivity contribution in [2.45, 2.75) is 26.6 Å². The van der Waals surface area contributed by atoms with Crippen LogP contribution in [0.5, 0.6) is 23.0 Å². The molecule has 0 unspecified atom stereocenters. The average molecular weight is 467 g/mol. The second kappa shape index (κ2) is 17.3. The standard InChI is InChI=1S/C14H17NO3.C12H13NO3/c1-4-5-6-9-17-13-8-7-12(11-18-15-2)10-14(13)16-3;1-4-7-15-11-6-5-10(9-16-13-2)8-12(11)14-3/h7-8,10H,2,4,9,11H2,1,3H3;1,5-6,8H,2,7,9H2,3H3. The van der Waals surface area contributed by atoms with E-state index in [1.807, 2.05) is 31.2 Å². The van der Waals surface area contributed by atoms with Gasteiger partial charge in [0.05, 0.1) is 14.2 Å². The molecule has 180 valence electrons. The predicted molar refractivity (Wildman–Crippen MR) is 133 cm³/mol. The zero-order chi connectivity index (χ0) is 25.0. The lowest BCUT2D eigenvalue weighted by molar-refractivity contribution is 0.133. The Kier molecular flexibility index (Phi) is 14.1. The highest BCUT2D eigenvalue weighted by Gasteiger charge is 2.06. The van der Waals surface area contributed by atoms with Gasteiger partial charge < -0.3 is 28.6 Å². The molecule has 0 N–H and O–H groups in total. The van der Waals surface area contributed by atoms with Gasteiger partial charge in [0.2, 0.25) is 0 Å². The Balaban J connectivity index is 0.000000342. The Hall–Kier alpha value is -4.30. The lowest BCUT2D eigenvalue weighted by atomic mass is 10.2. The number of hydrogen-bond donors (Lipinski definition) is 0. The fourth-order valence-corrected chi connectivity index (χ4v) is 2.49. The number of methoxy groups -OCH3 is 2. The normalized spacial score (nSPS) is 9.00. The van der Waals surface area contributed by atoms with Crippen LogP contribution in [0.15, 0.2) is 46.7 Å². The van der Waals surface area contributed by atoms with Crippen molar-refractivity contribution in [2.24, 2.45) is 10.3 Å². The molecule has 0 aliphatic carbocycles. The van der Waals surface area contributed by atoms with Gasteiger partial charge in [0.25, 0.3) is 0 Å². The molecule has 0 saturated heterocycles. The Morgan fingerprint density at radius 3 is 1.68 bits per heavy atom. The van der Waals surface area contributed by atoms with E-state index in [0.717, 1.165) is 17.5 Å². The fourth-order valence-electron chi connectivity index (χ4n) is 2.49. The Morgan fingerprint density at radius 2 is 1.26 bits per heavy atom. The van der Waals surface area contributed by atoms with Gasteiger partial charge in [0.15, 0.2) is 23.0 Å². The van der Waals surface area contributed by atoms with Gasteiger partial charge in [0.1, 0.15) is 26.4 Å². The third-order valence-corrected chi connectivity index (χ3v) is 4.01. The molecule has 0 amide bonds. The van der Waals surface area contributed by atoms with Crippen molar-refractivity contribution in [1.29, 1.82) is 0 Å². The maximum Gasteiger partial charge on any atom is 0.162 e. The van der Waals surface area contributed by atoms with Crippen molar-refractivity contribution >= 4 is 13.4 Å². The van der Waals surface area contributed by atoms with Crippen molar-refractivity contribution in [1.82, 2.24) is 0 Å². The van der Waals surface area contributed by atoms with E-state index in [1.54, 1.807) is 26.4 Å². The first-order valence-electron chi connectivity index (χ1n) is 10.3. The van der Waals surface area contributed by atoms with E-state index in [-0.39, 0.29) is 6.61 Å². The van der Waals surface area contributed by atoms with Crippen LogP contribution in [0.3, 0.4) is 0 Å². The summed E-state index contributed by atoms with van der Waals surface area (Å²) in [6, 6.07) is 11.0. The fraction of sp³-hybridized carbons (Fsp3) is 0.308. The van der Waals surface area contributed by atoms with Gasteiger partial charge in [0, 0.05) is 19.9 Å². The summed E-state index contributed by atoms with van der Waals surface area (Å²) in [5, 5.41) is 6.65. The van der Waals surface area contributed by atoms with E-state index in [9.17, 15) is 0 Å². The van der Waals surface area contributed by atoms with Gasteiger partial charge in [-0.05, 0) is 35.4 Å². The minimum Gasteiger partial charge on any atom is -0.493 e. The zero-order valence-electron chi connectivity index (χ0n) is 19.8. The average Bonchev–Trinajstić information content (AvgIpc) is 2.88. The van der Waals surface area contributed by atoms with Crippen LogP contribution in [0, 0.1) is 24.2 Å². The molecule has 0 spiro atoms. The second-order valence-electron chi connectivity index (χ2n) is 6.26. The van der Waals surface area contributed by atoms with Gasteiger partial charge >= 0.3 is 0 Å². The molecule has 0 aliphatic heterocycles. The largest absolute Gasteiger partial charge is 0.493 e. The molecule has 8 heteroatoms. The minimum absolute atomic E-state index is 0.209. The van der Waals surface area contributed by atoms with Crippen LogP contribution < -0.4 is 18.9 Å². The van der Waals surface area contributed by atoms with E-state index in [4.69, 9.17) is 35.0 Å². The number of rotatable bonds is 12. The van der Waals surface area contributed by atoms with Gasteiger partial charge in [-0.2, -0.15) is 0 Å². The summed E-state index contributed by atoms with van der Waals surface area (Å²) in [4.78, 5) is 9.69. The molecule has 0 heterocycles. The van der Waals surface area contributed by atoms with Crippen LogP contribution in [-0.4, -0.2) is 40.9 Å². The monoisotopic (exact) mass is 466 g/mol. The minimum atomic E-state index is 0.209. The molecule has 2 rings (SSSR count). The van der Waals surface area contributed by atoms with Gasteiger partial charge in [-0.25, -0.2) is 0 Å². The molecule has 0 aliphatic rings. The third kappa shape index (κ3) is 10.3. The summed E-state index contributed by atoms with van der Waals surface area (Å²) in [5.41, 5.74) is 1.85.